The van der Waals surface area contributed by atoms with Crippen LogP contribution >= 0.6 is 0 Å². The number of fused-ring (bicyclic) bond motifs is 1. The van der Waals surface area contributed by atoms with Crippen molar-refractivity contribution in [3.63, 3.8) is 0 Å². The fourth-order valence-corrected chi connectivity index (χ4v) is 2.62. The molecule has 0 fully saturated rings. The third-order valence-corrected chi connectivity index (χ3v) is 4.11. The number of carbonyl (C=O) groups excluding carboxylic acids is 2. The molecule has 1 heterocycles. The molecule has 6 N–H and O–H groups in total. The summed E-state index contributed by atoms with van der Waals surface area (Å²) in [5.41, 5.74) is 7.67. The molecule has 1 aromatic heterocycles. The first-order valence-electron chi connectivity index (χ1n) is 9.87. The topological polar surface area (TPSA) is 137 Å². The number of rotatable bonds is 10. The van der Waals surface area contributed by atoms with Crippen LogP contribution < -0.4 is 21.7 Å². The second-order valence-corrected chi connectivity index (χ2v) is 6.49. The first-order valence-corrected chi connectivity index (χ1v) is 9.87. The number of nitrogens with two attached hydrogens (primary N) is 1. The first kappa shape index (κ1) is 23.9. The Balaban J connectivity index is 2.27. The average Bonchev–Trinajstić information content (AvgIpc) is 3.17. The summed E-state index contributed by atoms with van der Waals surface area (Å²) in [6.45, 7) is 13.4. The minimum absolute atomic E-state index is 0.0912. The van der Waals surface area contributed by atoms with E-state index >= 15 is 0 Å². The van der Waals surface area contributed by atoms with Gasteiger partial charge in [0.1, 0.15) is 11.2 Å². The minimum atomic E-state index is -0.490. The molecule has 9 heteroatoms. The van der Waals surface area contributed by atoms with Gasteiger partial charge in [0.15, 0.2) is 5.96 Å². The maximum Gasteiger partial charge on any atom is 0.274 e. The maximum atomic E-state index is 12.8. The molecule has 0 aliphatic carbocycles. The van der Waals surface area contributed by atoms with Crippen molar-refractivity contribution in [2.75, 3.05) is 11.9 Å². The van der Waals surface area contributed by atoms with Gasteiger partial charge in [0.05, 0.1) is 11.1 Å². The number of amides is 2. The highest BCUT2D eigenvalue weighted by atomic mass is 16.2. The van der Waals surface area contributed by atoms with Crippen molar-refractivity contribution in [2.24, 2.45) is 10.7 Å². The molecule has 0 bridgehead atoms. The summed E-state index contributed by atoms with van der Waals surface area (Å²) in [5, 5.41) is 8.20. The van der Waals surface area contributed by atoms with Gasteiger partial charge in [-0.3, -0.25) is 20.2 Å². The van der Waals surface area contributed by atoms with Crippen LogP contribution in [0, 0.1) is 0 Å². The van der Waals surface area contributed by atoms with Gasteiger partial charge in [-0.15, -0.1) is 0 Å². The molecule has 0 saturated heterocycles. The van der Waals surface area contributed by atoms with Crippen molar-refractivity contribution in [1.29, 1.82) is 0 Å². The van der Waals surface area contributed by atoms with Crippen LogP contribution in [0.3, 0.4) is 0 Å². The third kappa shape index (κ3) is 6.56. The van der Waals surface area contributed by atoms with Crippen LogP contribution in [0.15, 0.2) is 84.7 Å². The summed E-state index contributed by atoms with van der Waals surface area (Å²) in [6, 6.07) is 5.01. The number of nitrogens with one attached hydrogen (secondary N) is 4. The largest absolute Gasteiger partial charge is 0.377 e. The van der Waals surface area contributed by atoms with E-state index in [-0.39, 0.29) is 17.5 Å². The van der Waals surface area contributed by atoms with Crippen LogP contribution in [0.25, 0.3) is 11.0 Å². The first-order chi connectivity index (χ1) is 15.4. The van der Waals surface area contributed by atoms with E-state index in [1.54, 1.807) is 30.4 Å². The maximum absolute atomic E-state index is 12.8. The van der Waals surface area contributed by atoms with Crippen LogP contribution in [0.1, 0.15) is 23.7 Å². The van der Waals surface area contributed by atoms with E-state index in [1.165, 1.54) is 6.20 Å². The Kier molecular flexibility index (Phi) is 8.73. The van der Waals surface area contributed by atoms with Crippen LogP contribution in [-0.2, 0) is 4.79 Å². The number of imidazole rings is 1. The number of aromatic amines is 1. The lowest BCUT2D eigenvalue weighted by Crippen LogP contribution is -2.36. The van der Waals surface area contributed by atoms with Gasteiger partial charge in [-0.2, -0.15) is 0 Å². The average molecular weight is 434 g/mol. The quantitative estimate of drug-likeness (QED) is 0.129. The molecule has 1 aromatic carbocycles. The number of hydrogen-bond donors (Lipinski definition) is 5. The summed E-state index contributed by atoms with van der Waals surface area (Å²) in [7, 11) is 0. The summed E-state index contributed by atoms with van der Waals surface area (Å²) in [6.07, 6.45) is 9.16. The molecule has 0 unspecified atom stereocenters. The fourth-order valence-electron chi connectivity index (χ4n) is 2.62. The van der Waals surface area contributed by atoms with Crippen LogP contribution in [-0.4, -0.2) is 34.3 Å². The van der Waals surface area contributed by atoms with E-state index in [2.05, 4.69) is 50.6 Å². The standard InChI is InChI=1S/C23H27N7O2/c1-5-8-9-13-26-18(14-15(4)6-2)21(32)30-23-27-17-12-10-11-16(19(17)28-23)20(31)29-22(24)25-7-3/h6-12,14,26H,2-5,13H2,1H3,(H3,24,25,29,31)(H2,27,28,30,32)/b9-8-,18-14-. The molecule has 0 atom stereocenters. The van der Waals surface area contributed by atoms with E-state index in [4.69, 9.17) is 5.73 Å². The number of allylic oxidation sites excluding steroid dienone is 4. The number of nitrogens with zero attached hydrogens (tertiary/aromatic N) is 2. The summed E-state index contributed by atoms with van der Waals surface area (Å²) >= 11 is 0. The second kappa shape index (κ2) is 11.7. The monoisotopic (exact) mass is 433 g/mol. The Hall–Kier alpha value is -4.40. The molecule has 9 nitrogen and oxygen atoms in total. The van der Waals surface area contributed by atoms with Crippen molar-refractivity contribution in [3.8, 4) is 0 Å². The predicted molar refractivity (Wildman–Crippen MR) is 129 cm³/mol. The molecule has 2 rings (SSSR count). The molecule has 166 valence electrons. The number of benzene rings is 1. The molecular formula is C23H27N7O2. The van der Waals surface area contributed by atoms with Gasteiger partial charge >= 0.3 is 0 Å². The van der Waals surface area contributed by atoms with Gasteiger partial charge in [0.25, 0.3) is 11.8 Å². The fraction of sp³-hybridized carbons (Fsp3) is 0.130. The van der Waals surface area contributed by atoms with Crippen molar-refractivity contribution in [2.45, 2.75) is 13.3 Å². The van der Waals surface area contributed by atoms with Gasteiger partial charge in [-0.05, 0) is 30.2 Å². The zero-order valence-corrected chi connectivity index (χ0v) is 17.9. The van der Waals surface area contributed by atoms with Crippen LogP contribution in [0.2, 0.25) is 0 Å². The van der Waals surface area contributed by atoms with Crippen LogP contribution in [0.4, 0.5) is 5.95 Å². The van der Waals surface area contributed by atoms with Gasteiger partial charge in [0.2, 0.25) is 5.95 Å². The molecule has 2 aromatic rings. The van der Waals surface area contributed by atoms with E-state index < -0.39 is 11.8 Å². The number of H-pyrrole nitrogens is 1. The highest BCUT2D eigenvalue weighted by Gasteiger charge is 2.16. The number of para-hydroxylation sites is 1. The molecule has 0 radical (unpaired) electrons. The van der Waals surface area contributed by atoms with Gasteiger partial charge in [-0.1, -0.05) is 51.0 Å². The number of aliphatic imine (C=N–C) groups is 1. The molecule has 0 aliphatic heterocycles. The third-order valence-electron chi connectivity index (χ3n) is 4.11. The van der Waals surface area contributed by atoms with E-state index in [0.717, 1.165) is 6.42 Å². The molecule has 2 amide bonds. The number of guanidine groups is 1. The Bertz CT molecular complexity index is 1120. The zero-order chi connectivity index (χ0) is 23.5. The number of hydrogen-bond acceptors (Lipinski definition) is 5. The Morgan fingerprint density at radius 1 is 1.28 bits per heavy atom. The molecule has 0 saturated carbocycles. The van der Waals surface area contributed by atoms with Gasteiger partial charge in [0, 0.05) is 12.7 Å². The molecule has 0 aliphatic rings. The second-order valence-electron chi connectivity index (χ2n) is 6.49. The summed E-state index contributed by atoms with van der Waals surface area (Å²) in [4.78, 5) is 36.4. The Labute approximate surface area is 186 Å². The lowest BCUT2D eigenvalue weighted by atomic mass is 10.2. The minimum Gasteiger partial charge on any atom is -0.377 e. The summed E-state index contributed by atoms with van der Waals surface area (Å²) in [5.74, 6) is -0.828. The lowest BCUT2D eigenvalue weighted by molar-refractivity contribution is -0.113. The SMILES string of the molecule is C=CN=C(N)NC(=O)c1cccc2[nH]c(NC(=O)/C(=C/C(=C)C=C)NC/C=C\CC)nc12. The van der Waals surface area contributed by atoms with Crippen molar-refractivity contribution >= 4 is 34.8 Å². The van der Waals surface area contributed by atoms with E-state index in [0.29, 0.717) is 28.8 Å². The van der Waals surface area contributed by atoms with E-state index in [9.17, 15) is 9.59 Å². The lowest BCUT2D eigenvalue weighted by Gasteiger charge is -2.09. The molecule has 32 heavy (non-hydrogen) atoms. The van der Waals surface area contributed by atoms with Crippen LogP contribution in [0.5, 0.6) is 0 Å². The molecule has 0 spiro atoms. The molecular weight excluding hydrogens is 406 g/mol. The smallest absolute Gasteiger partial charge is 0.274 e. The van der Waals surface area contributed by atoms with Crippen molar-refractivity contribution < 1.29 is 9.59 Å². The number of anilines is 1. The highest BCUT2D eigenvalue weighted by Crippen LogP contribution is 2.19. The Morgan fingerprint density at radius 2 is 2.06 bits per heavy atom. The number of aromatic nitrogens is 2. The van der Waals surface area contributed by atoms with E-state index in [1.807, 2.05) is 19.1 Å². The normalized spacial score (nSPS) is 11.9. The predicted octanol–water partition coefficient (Wildman–Crippen LogP) is 2.87. The van der Waals surface area contributed by atoms with Crippen molar-refractivity contribution in [3.05, 3.63) is 85.3 Å². The number of carbonyl (C=O) groups is 2. The highest BCUT2D eigenvalue weighted by molar-refractivity contribution is 6.12. The van der Waals surface area contributed by atoms with Crippen molar-refractivity contribution in [1.82, 2.24) is 20.6 Å². The van der Waals surface area contributed by atoms with Gasteiger partial charge < -0.3 is 16.0 Å². The van der Waals surface area contributed by atoms with Gasteiger partial charge in [-0.25, -0.2) is 9.98 Å². The Morgan fingerprint density at radius 3 is 2.75 bits per heavy atom. The zero-order valence-electron chi connectivity index (χ0n) is 17.9. The summed E-state index contributed by atoms with van der Waals surface area (Å²) < 4.78 is 0.